The molecule has 1 N–H and O–H groups in total. The van der Waals surface area contributed by atoms with E-state index in [0.29, 0.717) is 26.0 Å². The van der Waals surface area contributed by atoms with Crippen LogP contribution in [0.15, 0.2) is 0 Å². The van der Waals surface area contributed by atoms with E-state index in [1.807, 2.05) is 13.8 Å². The van der Waals surface area contributed by atoms with Crippen LogP contribution < -0.4 is 5.32 Å². The lowest BCUT2D eigenvalue weighted by atomic mass is 10.1. The maximum absolute atomic E-state index is 13.2. The van der Waals surface area contributed by atoms with Crippen LogP contribution in [0.3, 0.4) is 0 Å². The van der Waals surface area contributed by atoms with E-state index in [9.17, 15) is 9.13 Å². The molecule has 0 aromatic carbocycles. The van der Waals surface area contributed by atoms with E-state index in [1.165, 1.54) is 0 Å². The lowest BCUT2D eigenvalue weighted by Gasteiger charge is -2.37. The summed E-state index contributed by atoms with van der Waals surface area (Å²) in [5.74, 6) is 0. The minimum atomic E-state index is -2.84. The van der Waals surface area contributed by atoms with Gasteiger partial charge in [-0.25, -0.2) is 4.67 Å². The molecular formula is C17H36N2O6P2. The number of morpholine rings is 1. The smallest absolute Gasteiger partial charge is 0.268 e. The van der Waals surface area contributed by atoms with Crippen LogP contribution in [0, 0.1) is 0 Å². The highest BCUT2D eigenvalue weighted by Crippen LogP contribution is 2.54. The summed E-state index contributed by atoms with van der Waals surface area (Å²) in [7, 11) is -2.20. The summed E-state index contributed by atoms with van der Waals surface area (Å²) < 4.78 is 50.4. The highest BCUT2D eigenvalue weighted by Gasteiger charge is 2.39. The van der Waals surface area contributed by atoms with Gasteiger partial charge in [0, 0.05) is 32.1 Å². The first-order valence-corrected chi connectivity index (χ1v) is 13.8. The summed E-state index contributed by atoms with van der Waals surface area (Å²) >= 11 is 0. The van der Waals surface area contributed by atoms with E-state index in [4.69, 9.17) is 18.5 Å². The first kappa shape index (κ1) is 23.5. The molecule has 3 unspecified atom stereocenters. The maximum Gasteiger partial charge on any atom is 0.268 e. The topological polar surface area (TPSA) is 86.3 Å². The van der Waals surface area contributed by atoms with Gasteiger partial charge in [0.1, 0.15) is 0 Å². The fourth-order valence-electron chi connectivity index (χ4n) is 3.36. The molecule has 0 saturated carbocycles. The van der Waals surface area contributed by atoms with Gasteiger partial charge < -0.3 is 23.8 Å². The summed E-state index contributed by atoms with van der Waals surface area (Å²) in [6.07, 6.45) is 1.03. The fraction of sp³-hybridized carbons (Fsp3) is 1.00. The van der Waals surface area contributed by atoms with E-state index in [0.717, 1.165) is 6.54 Å². The molecule has 0 spiro atoms. The van der Waals surface area contributed by atoms with Crippen molar-refractivity contribution >= 4 is 14.9 Å². The molecule has 2 heterocycles. The van der Waals surface area contributed by atoms with Crippen molar-refractivity contribution in [1.29, 1.82) is 0 Å². The van der Waals surface area contributed by atoms with Crippen LogP contribution >= 0.6 is 14.9 Å². The molecular weight excluding hydrogens is 390 g/mol. The summed E-state index contributed by atoms with van der Waals surface area (Å²) in [6.45, 7) is 9.35. The van der Waals surface area contributed by atoms with Gasteiger partial charge in [0.2, 0.25) is 7.37 Å². The molecule has 160 valence electrons. The highest BCUT2D eigenvalue weighted by atomic mass is 31.2. The second kappa shape index (κ2) is 9.82. The third kappa shape index (κ3) is 7.20. The largest absolute Gasteiger partial charge is 0.373 e. The van der Waals surface area contributed by atoms with Crippen LogP contribution in [0.1, 0.15) is 26.7 Å². The van der Waals surface area contributed by atoms with Crippen LogP contribution in [0.5, 0.6) is 0 Å². The summed E-state index contributed by atoms with van der Waals surface area (Å²) in [5, 5.41) is 3.29. The highest BCUT2D eigenvalue weighted by molar-refractivity contribution is 7.58. The number of ether oxygens (including phenoxy) is 2. The summed E-state index contributed by atoms with van der Waals surface area (Å²) in [4.78, 5) is 0. The first-order valence-electron chi connectivity index (χ1n) is 9.63. The summed E-state index contributed by atoms with van der Waals surface area (Å²) in [6, 6.07) is 0. The molecule has 2 aliphatic heterocycles. The Bertz CT molecular complexity index is 576. The zero-order chi connectivity index (χ0) is 20.2. The molecule has 2 saturated heterocycles. The Morgan fingerprint density at radius 1 is 0.963 bits per heavy atom. The van der Waals surface area contributed by atoms with Gasteiger partial charge in [-0.2, -0.15) is 0 Å². The van der Waals surface area contributed by atoms with E-state index in [-0.39, 0.29) is 36.7 Å². The van der Waals surface area contributed by atoms with Gasteiger partial charge in [0.05, 0.1) is 37.6 Å². The molecule has 10 heteroatoms. The maximum atomic E-state index is 13.2. The SMILES string of the molecule is C[C@H]1CNC[C@@H](COP(C)(=O)C2C[C@@H](COP(C)(=O)N(C)C)O[C@@H](C)C2)O1. The van der Waals surface area contributed by atoms with E-state index < -0.39 is 14.9 Å². The molecule has 0 bridgehead atoms. The van der Waals surface area contributed by atoms with Gasteiger partial charge in [0.15, 0.2) is 0 Å². The van der Waals surface area contributed by atoms with Crippen LogP contribution in [-0.4, -0.2) is 88.5 Å². The normalized spacial score (nSPS) is 36.9. The van der Waals surface area contributed by atoms with Crippen molar-refractivity contribution in [1.82, 2.24) is 9.99 Å². The van der Waals surface area contributed by atoms with Gasteiger partial charge in [-0.3, -0.25) is 9.13 Å². The second-order valence-corrected chi connectivity index (χ2v) is 13.5. The molecule has 27 heavy (non-hydrogen) atoms. The predicted molar refractivity (Wildman–Crippen MR) is 107 cm³/mol. The van der Waals surface area contributed by atoms with E-state index in [1.54, 1.807) is 32.1 Å². The Morgan fingerprint density at radius 3 is 2.22 bits per heavy atom. The van der Waals surface area contributed by atoms with E-state index >= 15 is 0 Å². The van der Waals surface area contributed by atoms with Crippen LogP contribution in [0.4, 0.5) is 0 Å². The minimum Gasteiger partial charge on any atom is -0.373 e. The third-order valence-corrected chi connectivity index (χ3v) is 9.69. The number of rotatable bonds is 8. The van der Waals surface area contributed by atoms with Crippen LogP contribution in [0.2, 0.25) is 0 Å². The van der Waals surface area contributed by atoms with Gasteiger partial charge in [-0.1, -0.05) is 0 Å². The molecule has 0 amide bonds. The molecule has 8 nitrogen and oxygen atoms in total. The van der Waals surface area contributed by atoms with Crippen molar-refractivity contribution in [2.75, 3.05) is 53.7 Å². The van der Waals surface area contributed by atoms with Gasteiger partial charge in [-0.15, -0.1) is 0 Å². The third-order valence-electron chi connectivity index (χ3n) is 5.20. The fourth-order valence-corrected chi connectivity index (χ4v) is 6.00. The molecule has 0 radical (unpaired) electrons. The molecule has 0 aromatic heterocycles. The Labute approximate surface area is 163 Å². The van der Waals surface area contributed by atoms with Crippen molar-refractivity contribution in [2.45, 2.75) is 56.8 Å². The predicted octanol–water partition coefficient (Wildman–Crippen LogP) is 2.62. The molecule has 2 aliphatic rings. The molecule has 0 aliphatic carbocycles. The van der Waals surface area contributed by atoms with Gasteiger partial charge in [-0.05, 0) is 40.8 Å². The lowest BCUT2D eigenvalue weighted by molar-refractivity contribution is -0.0614. The van der Waals surface area contributed by atoms with Crippen LogP contribution in [-0.2, 0) is 27.7 Å². The first-order chi connectivity index (χ1) is 12.5. The molecule has 0 aromatic rings. The Kier molecular flexibility index (Phi) is 8.54. The number of nitrogens with one attached hydrogen (secondary N) is 1. The minimum absolute atomic E-state index is 0.0440. The van der Waals surface area contributed by atoms with E-state index in [2.05, 4.69) is 5.32 Å². The number of nitrogens with zero attached hydrogens (tertiary/aromatic N) is 1. The molecule has 2 rings (SSSR count). The Morgan fingerprint density at radius 2 is 1.59 bits per heavy atom. The average Bonchev–Trinajstić information content (AvgIpc) is 2.58. The Balaban J connectivity index is 1.89. The number of hydrogen-bond donors (Lipinski definition) is 1. The molecule has 2 fully saturated rings. The monoisotopic (exact) mass is 426 g/mol. The van der Waals surface area contributed by atoms with Crippen molar-refractivity contribution in [3.05, 3.63) is 0 Å². The van der Waals surface area contributed by atoms with Crippen molar-refractivity contribution in [3.63, 3.8) is 0 Å². The van der Waals surface area contributed by atoms with Gasteiger partial charge in [0.25, 0.3) is 7.52 Å². The Hall–Kier alpha value is 0.220. The van der Waals surface area contributed by atoms with Crippen LogP contribution in [0.25, 0.3) is 0 Å². The van der Waals surface area contributed by atoms with Gasteiger partial charge >= 0.3 is 0 Å². The van der Waals surface area contributed by atoms with Crippen molar-refractivity contribution < 1.29 is 27.7 Å². The zero-order valence-corrected chi connectivity index (χ0v) is 19.2. The zero-order valence-electron chi connectivity index (χ0n) is 17.4. The summed E-state index contributed by atoms with van der Waals surface area (Å²) in [5.41, 5.74) is -0.0978. The van der Waals surface area contributed by atoms with Crippen molar-refractivity contribution in [3.8, 4) is 0 Å². The number of hydrogen-bond acceptors (Lipinski definition) is 7. The second-order valence-electron chi connectivity index (χ2n) is 8.07. The average molecular weight is 426 g/mol. The lowest BCUT2D eigenvalue weighted by Crippen LogP contribution is -2.45. The quantitative estimate of drug-likeness (QED) is 0.593. The standard InChI is InChI=1S/C17H36N2O6P2/c1-13-7-17(8-15(24-13)11-23-27(6,21)19(3)4)26(5,20)22-12-16-10-18-9-14(2)25-16/h13-18H,7-12H2,1-6H3/t13-,14-,15-,16-,17?,26?,27?/m0/s1. The van der Waals surface area contributed by atoms with Crippen molar-refractivity contribution in [2.24, 2.45) is 0 Å². The molecule has 7 atom stereocenters.